The van der Waals surface area contributed by atoms with Crippen molar-refractivity contribution in [3.05, 3.63) is 50.6 Å². The Bertz CT molecular complexity index is 539. The molecular weight excluding hydrogens is 332 g/mol. The molecule has 108 valence electrons. The fourth-order valence-electron chi connectivity index (χ4n) is 2.17. The molecule has 20 heavy (non-hydrogen) atoms. The van der Waals surface area contributed by atoms with Crippen molar-refractivity contribution in [3.63, 3.8) is 0 Å². The summed E-state index contributed by atoms with van der Waals surface area (Å²) >= 11 is 5.54. The van der Waals surface area contributed by atoms with E-state index in [2.05, 4.69) is 75.7 Å². The topological polar surface area (TPSA) is 15.3 Å². The molecule has 0 aliphatic carbocycles. The second kappa shape index (κ2) is 7.25. The minimum atomic E-state index is 0.368. The summed E-state index contributed by atoms with van der Waals surface area (Å²) in [5.74, 6) is 0. The van der Waals surface area contributed by atoms with Crippen molar-refractivity contribution in [1.29, 1.82) is 0 Å². The van der Waals surface area contributed by atoms with Crippen LogP contribution in [0.1, 0.15) is 30.3 Å². The average molecular weight is 353 g/mol. The van der Waals surface area contributed by atoms with E-state index in [1.807, 2.05) is 18.4 Å². The van der Waals surface area contributed by atoms with Gasteiger partial charge in [-0.05, 0) is 66.0 Å². The molecule has 4 heteroatoms. The Labute approximate surface area is 133 Å². The number of nitrogens with one attached hydrogen (secondary N) is 1. The molecule has 0 saturated carbocycles. The highest BCUT2D eigenvalue weighted by Gasteiger charge is 2.12. The maximum atomic E-state index is 3.72. The van der Waals surface area contributed by atoms with Crippen molar-refractivity contribution in [2.75, 3.05) is 18.5 Å². The summed E-state index contributed by atoms with van der Waals surface area (Å²) in [5, 5.41) is 5.41. The monoisotopic (exact) mass is 352 g/mol. The molecule has 1 heterocycles. The number of rotatable bonds is 6. The van der Waals surface area contributed by atoms with Crippen LogP contribution in [-0.4, -0.2) is 13.6 Å². The Morgan fingerprint density at radius 1 is 1.35 bits per heavy atom. The lowest BCUT2D eigenvalue weighted by atomic mass is 10.1. The lowest BCUT2D eigenvalue weighted by Crippen LogP contribution is -2.22. The molecule has 2 rings (SSSR count). The lowest BCUT2D eigenvalue weighted by molar-refractivity contribution is 0.652. The van der Waals surface area contributed by atoms with Crippen LogP contribution in [0.15, 0.2) is 40.2 Å². The van der Waals surface area contributed by atoms with Gasteiger partial charge in [-0.3, -0.25) is 0 Å². The van der Waals surface area contributed by atoms with Crippen LogP contribution in [0.25, 0.3) is 0 Å². The average Bonchev–Trinajstić information content (AvgIpc) is 2.97. The first-order valence-corrected chi connectivity index (χ1v) is 8.57. The van der Waals surface area contributed by atoms with E-state index in [-0.39, 0.29) is 0 Å². The number of benzene rings is 1. The Kier molecular flexibility index (Phi) is 5.64. The normalized spacial score (nSPS) is 12.4. The van der Waals surface area contributed by atoms with E-state index in [0.717, 1.165) is 17.6 Å². The molecule has 0 radical (unpaired) electrons. The molecule has 1 aromatic heterocycles. The van der Waals surface area contributed by atoms with E-state index in [9.17, 15) is 0 Å². The van der Waals surface area contributed by atoms with Gasteiger partial charge in [0.25, 0.3) is 0 Å². The van der Waals surface area contributed by atoms with Crippen molar-refractivity contribution in [3.8, 4) is 0 Å². The minimum Gasteiger partial charge on any atom is -0.366 e. The molecule has 0 saturated heterocycles. The smallest absolute Gasteiger partial charge is 0.0523 e. The zero-order chi connectivity index (χ0) is 14.5. The molecule has 1 unspecified atom stereocenters. The predicted molar refractivity (Wildman–Crippen MR) is 92.7 cm³/mol. The van der Waals surface area contributed by atoms with Crippen LogP contribution in [-0.2, 0) is 6.54 Å². The zero-order valence-corrected chi connectivity index (χ0v) is 14.6. The molecule has 1 N–H and O–H groups in total. The summed E-state index contributed by atoms with van der Waals surface area (Å²) < 4.78 is 1.16. The Morgan fingerprint density at radius 2 is 2.15 bits per heavy atom. The molecular formula is C16H21BrN2S. The Morgan fingerprint density at radius 3 is 2.70 bits per heavy atom. The third kappa shape index (κ3) is 3.62. The second-order valence-electron chi connectivity index (χ2n) is 4.81. The fourth-order valence-corrected chi connectivity index (χ4v) is 3.54. The van der Waals surface area contributed by atoms with Gasteiger partial charge in [-0.2, -0.15) is 0 Å². The Balaban J connectivity index is 2.21. The summed E-state index contributed by atoms with van der Waals surface area (Å²) in [7, 11) is 1.99. The first kappa shape index (κ1) is 15.5. The van der Waals surface area contributed by atoms with Crippen LogP contribution in [0.3, 0.4) is 0 Å². The van der Waals surface area contributed by atoms with Gasteiger partial charge in [0.05, 0.1) is 12.2 Å². The molecule has 0 aliphatic rings. The molecule has 0 amide bonds. The minimum absolute atomic E-state index is 0.368. The van der Waals surface area contributed by atoms with Gasteiger partial charge in [0, 0.05) is 21.9 Å². The molecule has 0 fully saturated rings. The van der Waals surface area contributed by atoms with Crippen molar-refractivity contribution in [2.24, 2.45) is 0 Å². The van der Waals surface area contributed by atoms with E-state index in [4.69, 9.17) is 0 Å². The standard InChI is InChI=1S/C16H21BrN2S/c1-4-19(11-14-6-5-9-20-14)16-8-7-13(10-15(16)17)12(2)18-3/h5-10,12,18H,4,11H2,1-3H3. The van der Waals surface area contributed by atoms with Gasteiger partial charge < -0.3 is 10.2 Å². The van der Waals surface area contributed by atoms with E-state index in [1.165, 1.54) is 16.1 Å². The number of hydrogen-bond acceptors (Lipinski definition) is 3. The van der Waals surface area contributed by atoms with Crippen molar-refractivity contribution < 1.29 is 0 Å². The summed E-state index contributed by atoms with van der Waals surface area (Å²) in [6.45, 7) is 6.33. The number of nitrogens with zero attached hydrogens (tertiary/aromatic N) is 1. The van der Waals surface area contributed by atoms with Gasteiger partial charge in [-0.25, -0.2) is 0 Å². The lowest BCUT2D eigenvalue weighted by Gasteiger charge is -2.24. The van der Waals surface area contributed by atoms with Gasteiger partial charge in [0.1, 0.15) is 0 Å². The highest BCUT2D eigenvalue weighted by molar-refractivity contribution is 9.10. The van der Waals surface area contributed by atoms with E-state index in [0.29, 0.717) is 6.04 Å². The predicted octanol–water partition coefficient (Wildman–Crippen LogP) is 4.82. The van der Waals surface area contributed by atoms with Gasteiger partial charge in [0.2, 0.25) is 0 Å². The Hall–Kier alpha value is -0.840. The summed E-state index contributed by atoms with van der Waals surface area (Å²) in [5.41, 5.74) is 2.56. The maximum absolute atomic E-state index is 3.72. The first-order valence-electron chi connectivity index (χ1n) is 6.89. The van der Waals surface area contributed by atoms with E-state index >= 15 is 0 Å². The van der Waals surface area contributed by atoms with Crippen LogP contribution < -0.4 is 10.2 Å². The fraction of sp³-hybridized carbons (Fsp3) is 0.375. The van der Waals surface area contributed by atoms with Gasteiger partial charge in [0.15, 0.2) is 0 Å². The highest BCUT2D eigenvalue weighted by Crippen LogP contribution is 2.30. The molecule has 0 bridgehead atoms. The number of anilines is 1. The number of halogens is 1. The quantitative estimate of drug-likeness (QED) is 0.801. The zero-order valence-electron chi connectivity index (χ0n) is 12.2. The van der Waals surface area contributed by atoms with Gasteiger partial charge in [-0.15, -0.1) is 11.3 Å². The van der Waals surface area contributed by atoms with Crippen LogP contribution in [0, 0.1) is 0 Å². The van der Waals surface area contributed by atoms with E-state index in [1.54, 1.807) is 0 Å². The van der Waals surface area contributed by atoms with Crippen LogP contribution in [0.5, 0.6) is 0 Å². The van der Waals surface area contributed by atoms with Crippen molar-refractivity contribution in [2.45, 2.75) is 26.4 Å². The molecule has 2 nitrogen and oxygen atoms in total. The largest absolute Gasteiger partial charge is 0.366 e. The third-order valence-electron chi connectivity index (χ3n) is 3.55. The molecule has 2 aromatic rings. The summed E-state index contributed by atoms with van der Waals surface area (Å²) in [6.07, 6.45) is 0. The molecule has 0 aliphatic heterocycles. The SMILES string of the molecule is CCN(Cc1cccs1)c1ccc(C(C)NC)cc1Br. The molecule has 1 aromatic carbocycles. The first-order chi connectivity index (χ1) is 9.65. The van der Waals surface area contributed by atoms with Gasteiger partial charge >= 0.3 is 0 Å². The third-order valence-corrected chi connectivity index (χ3v) is 5.05. The number of thiophene rings is 1. The second-order valence-corrected chi connectivity index (χ2v) is 6.70. The summed E-state index contributed by atoms with van der Waals surface area (Å²) in [4.78, 5) is 3.79. The summed E-state index contributed by atoms with van der Waals surface area (Å²) in [6, 6.07) is 11.3. The maximum Gasteiger partial charge on any atom is 0.0523 e. The van der Waals surface area contributed by atoms with Crippen molar-refractivity contribution in [1.82, 2.24) is 5.32 Å². The molecule has 0 spiro atoms. The van der Waals surface area contributed by atoms with Crippen LogP contribution >= 0.6 is 27.3 Å². The van der Waals surface area contributed by atoms with Crippen LogP contribution in [0.4, 0.5) is 5.69 Å². The molecule has 1 atom stereocenters. The highest BCUT2D eigenvalue weighted by atomic mass is 79.9. The van der Waals surface area contributed by atoms with E-state index < -0.39 is 0 Å². The number of hydrogen-bond donors (Lipinski definition) is 1. The van der Waals surface area contributed by atoms with Crippen LogP contribution in [0.2, 0.25) is 0 Å². The van der Waals surface area contributed by atoms with Crippen molar-refractivity contribution >= 4 is 33.0 Å². The van der Waals surface area contributed by atoms with Gasteiger partial charge in [-0.1, -0.05) is 12.1 Å².